The minimum absolute atomic E-state index is 0.00674. The van der Waals surface area contributed by atoms with E-state index in [1.807, 2.05) is 12.1 Å². The Labute approximate surface area is 606 Å². The van der Waals surface area contributed by atoms with Gasteiger partial charge in [0.2, 0.25) is 0 Å². The number of ketones is 1. The van der Waals surface area contributed by atoms with Gasteiger partial charge in [-0.05, 0) is 171 Å². The van der Waals surface area contributed by atoms with Crippen LogP contribution in [0.2, 0.25) is 90.7 Å². The van der Waals surface area contributed by atoms with E-state index >= 15 is 0 Å². The zero-order valence-corrected chi connectivity index (χ0v) is 72.7. The minimum Gasteiger partial charge on any atom is -0.469 e. The fourth-order valence-electron chi connectivity index (χ4n) is 13.0. The van der Waals surface area contributed by atoms with Crippen LogP contribution in [-0.2, 0) is 74.7 Å². The Bertz CT molecular complexity index is 2990. The molecule has 1 aromatic carbocycles. The van der Waals surface area contributed by atoms with Gasteiger partial charge in [0.05, 0.1) is 97.9 Å². The molecule has 5 fully saturated rings. The van der Waals surface area contributed by atoms with Crippen LogP contribution in [-0.4, -0.2) is 180 Å². The maximum Gasteiger partial charge on any atom is 0.308 e. The van der Waals surface area contributed by atoms with Crippen molar-refractivity contribution in [2.75, 3.05) is 26.6 Å². The van der Waals surface area contributed by atoms with Crippen molar-refractivity contribution in [3.8, 4) is 0 Å². The molecule has 99 heavy (non-hydrogen) atoms. The predicted octanol–water partition coefficient (Wildman–Crippen LogP) is 17.8. The van der Waals surface area contributed by atoms with Crippen molar-refractivity contribution in [3.05, 3.63) is 66.8 Å². The first-order chi connectivity index (χ1) is 45.1. The molecule has 1 aromatic rings. The lowest BCUT2D eigenvalue weighted by molar-refractivity contribution is -0.267. The SMILES string of the molecule is C=C1CC(CCC(=O)/C=C/C(O[Si](C)(C)C(C)(C)C)[C@@H]2O[C@H]3CCC(CC(=O)OC)OC3C(O[Si](C)(C)C(C)(C)C)C2O[Si](C)(C)C(C)(C)C)OC1CCC1CC(C)C(=C)C(CC2OC(CC(CO[Si](C)(C)C(C)(C)C)O[Si](C)(C)C(C)(C)C)[C@H](OC)C2CS(=O)(=O)c2ccccc2)O1. The van der Waals surface area contributed by atoms with E-state index in [9.17, 15) is 18.0 Å². The predicted molar refractivity (Wildman–Crippen MR) is 412 cm³/mol. The summed E-state index contributed by atoms with van der Waals surface area (Å²) in [5, 5.41) is -0.559. The molecule has 5 aliphatic rings. The molecule has 5 heterocycles. The molecule has 17 atom stereocenters. The van der Waals surface area contributed by atoms with Gasteiger partial charge in [-0.25, -0.2) is 8.42 Å². The smallest absolute Gasteiger partial charge is 0.308 e. The van der Waals surface area contributed by atoms with Crippen LogP contribution in [0.1, 0.15) is 181 Å². The van der Waals surface area contributed by atoms with E-state index in [0.29, 0.717) is 51.6 Å². The summed E-state index contributed by atoms with van der Waals surface area (Å²) in [6, 6.07) is 8.67. The first-order valence-corrected chi connectivity index (χ1v) is 53.4. The van der Waals surface area contributed by atoms with Gasteiger partial charge in [0.25, 0.3) is 0 Å². The van der Waals surface area contributed by atoms with Crippen LogP contribution in [0.15, 0.2) is 71.7 Å². The Morgan fingerprint density at radius 3 is 1.74 bits per heavy atom. The van der Waals surface area contributed by atoms with Gasteiger partial charge in [-0.1, -0.05) is 148 Å². The molecule has 14 unspecified atom stereocenters. The number of ether oxygens (including phenoxy) is 7. The quantitative estimate of drug-likeness (QED) is 0.0307. The molecule has 0 N–H and O–H groups in total. The average Bonchev–Trinajstić information content (AvgIpc) is 0.965. The third-order valence-corrected chi connectivity index (χ3v) is 49.0. The molecule has 5 saturated heterocycles. The second-order valence-electron chi connectivity index (χ2n) is 37.5. The van der Waals surface area contributed by atoms with Crippen molar-refractivity contribution in [2.24, 2.45) is 11.8 Å². The fraction of sp³-hybridized carbons (Fsp3) is 0.818. The second-order valence-corrected chi connectivity index (χ2v) is 63.3. The third kappa shape index (κ3) is 22.2. The van der Waals surface area contributed by atoms with Crippen molar-refractivity contribution < 1.29 is 73.3 Å². The van der Waals surface area contributed by atoms with E-state index in [0.717, 1.165) is 24.0 Å². The largest absolute Gasteiger partial charge is 0.469 e. The molecule has 0 aromatic heterocycles. The number of hydrogen-bond donors (Lipinski definition) is 0. The Balaban J connectivity index is 1.19. The van der Waals surface area contributed by atoms with Crippen molar-refractivity contribution in [1.82, 2.24) is 0 Å². The van der Waals surface area contributed by atoms with Crippen LogP contribution >= 0.6 is 0 Å². The first-order valence-electron chi connectivity index (χ1n) is 37.2. The van der Waals surface area contributed by atoms with Gasteiger partial charge in [0.15, 0.2) is 57.2 Å². The lowest BCUT2D eigenvalue weighted by Gasteiger charge is -2.56. The first kappa shape index (κ1) is 86.1. The molecular weight excluding hydrogens is 1350 g/mol. The van der Waals surface area contributed by atoms with Crippen LogP contribution in [0, 0.1) is 11.8 Å². The zero-order chi connectivity index (χ0) is 74.8. The minimum atomic E-state index is -3.77. The summed E-state index contributed by atoms with van der Waals surface area (Å²) in [5.74, 6) is -0.886. The molecular formula is C77H138O16SSi5. The number of methoxy groups -OCH3 is 2. The lowest BCUT2D eigenvalue weighted by atomic mass is 9.83. The Hall–Kier alpha value is -1.83. The van der Waals surface area contributed by atoms with Crippen LogP contribution in [0.5, 0.6) is 0 Å². The maximum atomic E-state index is 14.4. The van der Waals surface area contributed by atoms with E-state index in [-0.39, 0.29) is 103 Å². The van der Waals surface area contributed by atoms with Gasteiger partial charge in [0.1, 0.15) is 24.4 Å². The van der Waals surface area contributed by atoms with Gasteiger partial charge < -0.3 is 55.3 Å². The number of rotatable bonds is 30. The topological polar surface area (TPSA) is 179 Å². The highest BCUT2D eigenvalue weighted by Gasteiger charge is 2.59. The summed E-state index contributed by atoms with van der Waals surface area (Å²) in [7, 11) is -12.9. The number of hydrogen-bond acceptors (Lipinski definition) is 16. The Morgan fingerprint density at radius 2 is 1.18 bits per heavy atom. The van der Waals surface area contributed by atoms with E-state index in [2.05, 4.69) is 189 Å². The summed E-state index contributed by atoms with van der Waals surface area (Å²) in [6.07, 6.45) is 3.03. The molecule has 568 valence electrons. The summed E-state index contributed by atoms with van der Waals surface area (Å²) < 4.78 is 113. The molecule has 0 bridgehead atoms. The van der Waals surface area contributed by atoms with Crippen LogP contribution in [0.25, 0.3) is 0 Å². The molecule has 6 rings (SSSR count). The van der Waals surface area contributed by atoms with E-state index in [1.165, 1.54) is 7.11 Å². The summed E-state index contributed by atoms with van der Waals surface area (Å²) in [5.41, 5.74) is 1.99. The number of allylic oxidation sites excluding steroid dienone is 1. The van der Waals surface area contributed by atoms with Crippen molar-refractivity contribution in [3.63, 3.8) is 0 Å². The van der Waals surface area contributed by atoms with Gasteiger partial charge in [-0.3, -0.25) is 9.59 Å². The summed E-state index contributed by atoms with van der Waals surface area (Å²) in [4.78, 5) is 27.4. The lowest BCUT2D eigenvalue weighted by Crippen LogP contribution is -2.69. The number of benzene rings is 1. The van der Waals surface area contributed by atoms with E-state index in [1.54, 1.807) is 37.5 Å². The number of carbonyl (C=O) groups is 2. The highest BCUT2D eigenvalue weighted by molar-refractivity contribution is 7.91. The zero-order valence-electron chi connectivity index (χ0n) is 66.9. The van der Waals surface area contributed by atoms with Crippen LogP contribution in [0.3, 0.4) is 0 Å². The number of carbonyl (C=O) groups excluding carboxylic acids is 2. The van der Waals surface area contributed by atoms with E-state index < -0.39 is 112 Å². The summed E-state index contributed by atoms with van der Waals surface area (Å²) in [6.45, 7) is 67.8. The molecule has 16 nitrogen and oxygen atoms in total. The van der Waals surface area contributed by atoms with Gasteiger partial charge in [-0.2, -0.15) is 0 Å². The van der Waals surface area contributed by atoms with Crippen molar-refractivity contribution in [1.29, 1.82) is 0 Å². The second kappa shape index (κ2) is 33.1. The van der Waals surface area contributed by atoms with Gasteiger partial charge in [-0.15, -0.1) is 0 Å². The molecule has 0 saturated carbocycles. The normalized spacial score (nSPS) is 29.8. The van der Waals surface area contributed by atoms with Crippen LogP contribution < -0.4 is 0 Å². The monoisotopic (exact) mass is 1490 g/mol. The highest BCUT2D eigenvalue weighted by atomic mass is 32.2. The number of esters is 1. The molecule has 0 radical (unpaired) electrons. The maximum absolute atomic E-state index is 14.4. The summed E-state index contributed by atoms with van der Waals surface area (Å²) >= 11 is 0. The highest BCUT2D eigenvalue weighted by Crippen LogP contribution is 2.49. The average molecular weight is 1490 g/mol. The molecule has 22 heteroatoms. The standard InChI is InChI=1S/C77H138O16SSi5/c1-51-44-56(86-64(53(51)3)48-65-60(50-94(80,81)59-34-32-31-33-35-59)68(83-20)66(88-65)46-58(90-96(23,24)74(7,8)9)49-84-95(21,22)73(4,5)6)39-42-61-52(2)45-55(85-61)38-36-54(78)37-41-63(91-97(25,26)75(10,11)12)70-72(93-99(29,30)77(16,17)18)71(92-98(27,28)76(13,14)15)69-62(89-70)43-40-57(87-69)47-67(79)82-19/h31-35,37,41,51,55-58,60-66,68-72H,2-3,36,38-40,42-50H2,1,4-30H3/b41-37+/t51?,55?,56?,57?,58?,60?,61?,62-,63?,64?,65?,66?,68+,69?,70-,71?,72?/m0/s1. The van der Waals surface area contributed by atoms with Gasteiger partial charge in [0, 0.05) is 32.3 Å². The Kier molecular flexibility index (Phi) is 28.8. The van der Waals surface area contributed by atoms with Crippen molar-refractivity contribution >= 4 is 63.2 Å². The Morgan fingerprint density at radius 1 is 0.626 bits per heavy atom. The van der Waals surface area contributed by atoms with Crippen molar-refractivity contribution in [2.45, 2.75) is 369 Å². The van der Waals surface area contributed by atoms with E-state index in [4.69, 9.17) is 55.3 Å². The molecule has 5 aliphatic heterocycles. The fourth-order valence-corrected chi connectivity index (χ4v) is 21.0. The molecule has 0 aliphatic carbocycles. The van der Waals surface area contributed by atoms with Crippen LogP contribution in [0.4, 0.5) is 0 Å². The molecule has 0 amide bonds. The number of fused-ring (bicyclic) bond motifs is 1. The van der Waals surface area contributed by atoms with Gasteiger partial charge >= 0.3 is 5.97 Å². The number of sulfone groups is 1. The third-order valence-electron chi connectivity index (χ3n) is 24.8. The molecule has 0 spiro atoms.